The Kier molecular flexibility index (Phi) is 4.91. The van der Waals surface area contributed by atoms with Crippen LogP contribution in [0.15, 0.2) is 42.0 Å². The number of H-pyrrole nitrogens is 1. The van der Waals surface area contributed by atoms with E-state index in [1.54, 1.807) is 12.3 Å². The van der Waals surface area contributed by atoms with Crippen LogP contribution in [0.3, 0.4) is 0 Å². The maximum Gasteiger partial charge on any atom is 0.259 e. The molecule has 4 heterocycles. The summed E-state index contributed by atoms with van der Waals surface area (Å²) >= 11 is 1.39. The fourth-order valence-electron chi connectivity index (χ4n) is 3.19. The minimum atomic E-state index is -0.217. The van der Waals surface area contributed by atoms with Crippen LogP contribution in [0.4, 0.5) is 10.9 Å². The van der Waals surface area contributed by atoms with Gasteiger partial charge in [0.1, 0.15) is 5.82 Å². The van der Waals surface area contributed by atoms with Gasteiger partial charge < -0.3 is 14.6 Å². The molecule has 4 rings (SSSR count). The first-order valence-electron chi connectivity index (χ1n) is 8.85. The lowest BCUT2D eigenvalue weighted by molar-refractivity contribution is -0.00546. The van der Waals surface area contributed by atoms with Gasteiger partial charge in [0.15, 0.2) is 5.13 Å². The van der Waals surface area contributed by atoms with Gasteiger partial charge in [-0.05, 0) is 38.1 Å². The van der Waals surface area contributed by atoms with Gasteiger partial charge in [0, 0.05) is 30.9 Å². The number of rotatable bonds is 4. The molecule has 0 unspecified atom stereocenters. The number of aromatic amines is 1. The Bertz CT molecular complexity index is 897. The molecule has 7 nitrogen and oxygen atoms in total. The van der Waals surface area contributed by atoms with Crippen molar-refractivity contribution in [2.75, 3.05) is 23.3 Å². The Labute approximate surface area is 161 Å². The monoisotopic (exact) mass is 383 g/mol. The van der Waals surface area contributed by atoms with Gasteiger partial charge in [-0.2, -0.15) is 0 Å². The number of aromatic nitrogens is 3. The highest BCUT2D eigenvalue weighted by Gasteiger charge is 2.23. The standard InChI is InChI=1S/C19H21N5O2S/c1-12-9-24(10-13(2)26-12)17-6-5-14(8-21-17)18(25)23-19-22-16(11-27-19)15-4-3-7-20-15/h3-8,11-13,20H,9-10H2,1-2H3,(H,22,23,25)/t12-,13-/m1/s1. The number of pyridine rings is 1. The minimum Gasteiger partial charge on any atom is -0.372 e. The van der Waals surface area contributed by atoms with Gasteiger partial charge in [-0.25, -0.2) is 9.97 Å². The highest BCUT2D eigenvalue weighted by Crippen LogP contribution is 2.24. The Balaban J connectivity index is 1.42. The van der Waals surface area contributed by atoms with E-state index in [0.29, 0.717) is 10.7 Å². The van der Waals surface area contributed by atoms with Gasteiger partial charge in [-0.1, -0.05) is 0 Å². The van der Waals surface area contributed by atoms with Crippen molar-refractivity contribution < 1.29 is 9.53 Å². The first-order valence-corrected chi connectivity index (χ1v) is 9.73. The van der Waals surface area contributed by atoms with E-state index in [2.05, 4.69) is 39.0 Å². The third kappa shape index (κ3) is 4.01. The summed E-state index contributed by atoms with van der Waals surface area (Å²) in [4.78, 5) is 26.7. The Hall–Kier alpha value is -2.71. The number of anilines is 2. The zero-order valence-electron chi connectivity index (χ0n) is 15.2. The van der Waals surface area contributed by atoms with E-state index in [1.807, 2.05) is 29.8 Å². The maximum atomic E-state index is 12.5. The van der Waals surface area contributed by atoms with Crippen LogP contribution in [0.2, 0.25) is 0 Å². The fourth-order valence-corrected chi connectivity index (χ4v) is 3.89. The number of nitrogens with one attached hydrogen (secondary N) is 2. The number of carbonyl (C=O) groups excluding carboxylic acids is 1. The van der Waals surface area contributed by atoms with Crippen molar-refractivity contribution in [3.63, 3.8) is 0 Å². The number of carbonyl (C=O) groups is 1. The van der Waals surface area contributed by atoms with Crippen LogP contribution >= 0.6 is 11.3 Å². The van der Waals surface area contributed by atoms with E-state index in [-0.39, 0.29) is 18.1 Å². The summed E-state index contributed by atoms with van der Waals surface area (Å²) in [7, 11) is 0. The molecule has 1 saturated heterocycles. The average Bonchev–Trinajstić information content (AvgIpc) is 3.32. The summed E-state index contributed by atoms with van der Waals surface area (Å²) in [6.07, 6.45) is 3.78. The Morgan fingerprint density at radius 3 is 2.78 bits per heavy atom. The maximum absolute atomic E-state index is 12.5. The van der Waals surface area contributed by atoms with Gasteiger partial charge in [-0.15, -0.1) is 11.3 Å². The molecule has 0 spiro atoms. The number of morpholine rings is 1. The van der Waals surface area contributed by atoms with Gasteiger partial charge >= 0.3 is 0 Å². The summed E-state index contributed by atoms with van der Waals surface area (Å²) in [6.45, 7) is 5.70. The van der Waals surface area contributed by atoms with Crippen LogP contribution < -0.4 is 10.2 Å². The van der Waals surface area contributed by atoms with Crippen LogP contribution in [0.25, 0.3) is 11.4 Å². The van der Waals surface area contributed by atoms with Gasteiger partial charge in [0.2, 0.25) is 0 Å². The minimum absolute atomic E-state index is 0.164. The predicted molar refractivity (Wildman–Crippen MR) is 106 cm³/mol. The van der Waals surface area contributed by atoms with Crippen LogP contribution in [0, 0.1) is 0 Å². The molecular formula is C19H21N5O2S. The Morgan fingerprint density at radius 2 is 2.11 bits per heavy atom. The second-order valence-electron chi connectivity index (χ2n) is 6.64. The molecule has 1 amide bonds. The third-order valence-corrected chi connectivity index (χ3v) is 5.11. The normalized spacial score (nSPS) is 19.9. The number of hydrogen-bond donors (Lipinski definition) is 2. The molecule has 0 aromatic carbocycles. The molecule has 27 heavy (non-hydrogen) atoms. The molecule has 8 heteroatoms. The van der Waals surface area contributed by atoms with E-state index in [4.69, 9.17) is 4.74 Å². The van der Waals surface area contributed by atoms with E-state index in [0.717, 1.165) is 30.3 Å². The van der Waals surface area contributed by atoms with Crippen molar-refractivity contribution in [1.29, 1.82) is 0 Å². The van der Waals surface area contributed by atoms with Crippen LogP contribution in [-0.4, -0.2) is 46.2 Å². The van der Waals surface area contributed by atoms with E-state index in [9.17, 15) is 4.79 Å². The van der Waals surface area contributed by atoms with Crippen LogP contribution in [0.1, 0.15) is 24.2 Å². The molecule has 140 valence electrons. The topological polar surface area (TPSA) is 83.1 Å². The first kappa shape index (κ1) is 17.7. The zero-order chi connectivity index (χ0) is 18.8. The predicted octanol–water partition coefficient (Wildman–Crippen LogP) is 3.40. The first-order chi connectivity index (χ1) is 13.1. The van der Waals surface area contributed by atoms with Crippen molar-refractivity contribution in [2.45, 2.75) is 26.1 Å². The molecule has 1 aliphatic rings. The number of amides is 1. The Morgan fingerprint density at radius 1 is 1.30 bits per heavy atom. The number of hydrogen-bond acceptors (Lipinski definition) is 6. The smallest absolute Gasteiger partial charge is 0.259 e. The van der Waals surface area contributed by atoms with Crippen LogP contribution in [0.5, 0.6) is 0 Å². The summed E-state index contributed by atoms with van der Waals surface area (Å²) in [6, 6.07) is 7.53. The second kappa shape index (κ2) is 7.50. The zero-order valence-corrected chi connectivity index (χ0v) is 16.0. The summed E-state index contributed by atoms with van der Waals surface area (Å²) in [5.41, 5.74) is 2.24. The highest BCUT2D eigenvalue weighted by molar-refractivity contribution is 7.14. The largest absolute Gasteiger partial charge is 0.372 e. The lowest BCUT2D eigenvalue weighted by atomic mass is 10.2. The highest BCUT2D eigenvalue weighted by atomic mass is 32.1. The van der Waals surface area contributed by atoms with Gasteiger partial charge in [0.05, 0.1) is 29.2 Å². The summed E-state index contributed by atoms with van der Waals surface area (Å²) < 4.78 is 5.75. The molecular weight excluding hydrogens is 362 g/mol. The molecule has 3 aromatic rings. The molecule has 0 saturated carbocycles. The number of ether oxygens (including phenoxy) is 1. The summed E-state index contributed by atoms with van der Waals surface area (Å²) in [5, 5.41) is 5.30. The van der Waals surface area contributed by atoms with Crippen molar-refractivity contribution in [3.8, 4) is 11.4 Å². The quantitative estimate of drug-likeness (QED) is 0.721. The van der Waals surface area contributed by atoms with Gasteiger partial charge in [-0.3, -0.25) is 10.1 Å². The van der Waals surface area contributed by atoms with E-state index >= 15 is 0 Å². The van der Waals surface area contributed by atoms with Crippen molar-refractivity contribution >= 4 is 28.2 Å². The molecule has 2 N–H and O–H groups in total. The molecule has 0 bridgehead atoms. The molecule has 1 aliphatic heterocycles. The average molecular weight is 383 g/mol. The fraction of sp³-hybridized carbons (Fsp3) is 0.316. The lowest BCUT2D eigenvalue weighted by Crippen LogP contribution is -2.45. The number of thiazole rings is 1. The summed E-state index contributed by atoms with van der Waals surface area (Å²) in [5.74, 6) is 0.641. The molecule has 3 aromatic heterocycles. The van der Waals surface area contributed by atoms with Crippen molar-refractivity contribution in [3.05, 3.63) is 47.6 Å². The molecule has 2 atom stereocenters. The van der Waals surface area contributed by atoms with Gasteiger partial charge in [0.25, 0.3) is 5.91 Å². The molecule has 0 aliphatic carbocycles. The van der Waals surface area contributed by atoms with E-state index in [1.165, 1.54) is 11.3 Å². The third-order valence-electron chi connectivity index (χ3n) is 4.35. The number of nitrogens with zero attached hydrogens (tertiary/aromatic N) is 3. The van der Waals surface area contributed by atoms with Crippen molar-refractivity contribution in [1.82, 2.24) is 15.0 Å². The SMILES string of the molecule is C[C@@H]1CN(c2ccc(C(=O)Nc3nc(-c4ccc[nH]4)cs3)cn2)C[C@@H](C)O1. The van der Waals surface area contributed by atoms with E-state index < -0.39 is 0 Å². The van der Waals surface area contributed by atoms with Crippen LogP contribution in [-0.2, 0) is 4.74 Å². The van der Waals surface area contributed by atoms with Crippen molar-refractivity contribution in [2.24, 2.45) is 0 Å². The molecule has 1 fully saturated rings. The lowest BCUT2D eigenvalue weighted by Gasteiger charge is -2.36. The second-order valence-corrected chi connectivity index (χ2v) is 7.50. The molecule has 0 radical (unpaired) electrons.